The van der Waals surface area contributed by atoms with Gasteiger partial charge in [-0.1, -0.05) is 6.07 Å². The molecule has 0 unspecified atom stereocenters. The van der Waals surface area contributed by atoms with Crippen LogP contribution in [0.5, 0.6) is 0 Å². The first-order valence-electron chi connectivity index (χ1n) is 7.95. The molecule has 0 aliphatic heterocycles. The van der Waals surface area contributed by atoms with Crippen LogP contribution in [0, 0.1) is 12.8 Å². The lowest BCUT2D eigenvalue weighted by Gasteiger charge is -2.23. The molecule has 1 aromatic carbocycles. The molecular weight excluding hydrogens is 333 g/mol. The highest BCUT2D eigenvalue weighted by Crippen LogP contribution is 2.35. The van der Waals surface area contributed by atoms with Gasteiger partial charge in [-0.05, 0) is 56.0 Å². The molecule has 0 bridgehead atoms. The van der Waals surface area contributed by atoms with E-state index in [1.165, 1.54) is 23.1 Å². The number of aromatic amines is 1. The predicted molar refractivity (Wildman–Crippen MR) is 87.6 cm³/mol. The SMILES string of the molecule is Cc1ccc(C(=O)N(CC2CC2)c2cccc(C(F)(F)F)c2)c(=O)[nH]1. The van der Waals surface area contributed by atoms with E-state index in [-0.39, 0.29) is 17.2 Å². The highest BCUT2D eigenvalue weighted by atomic mass is 19.4. The second-order valence-electron chi connectivity index (χ2n) is 6.29. The average Bonchev–Trinajstić information content (AvgIpc) is 3.35. The second-order valence-corrected chi connectivity index (χ2v) is 6.29. The number of halogens is 3. The van der Waals surface area contributed by atoms with E-state index in [4.69, 9.17) is 0 Å². The summed E-state index contributed by atoms with van der Waals surface area (Å²) in [5, 5.41) is 0. The third-order valence-corrected chi connectivity index (χ3v) is 4.15. The minimum Gasteiger partial charge on any atom is -0.326 e. The van der Waals surface area contributed by atoms with Gasteiger partial charge < -0.3 is 9.88 Å². The fraction of sp³-hybridized carbons (Fsp3) is 0.333. The van der Waals surface area contributed by atoms with Gasteiger partial charge in [-0.2, -0.15) is 13.2 Å². The van der Waals surface area contributed by atoms with Crippen molar-refractivity contribution in [2.45, 2.75) is 25.9 Å². The molecule has 1 N–H and O–H groups in total. The summed E-state index contributed by atoms with van der Waals surface area (Å²) >= 11 is 0. The first kappa shape index (κ1) is 17.3. The Kier molecular flexibility index (Phi) is 4.41. The number of H-pyrrole nitrogens is 1. The molecule has 1 amide bonds. The van der Waals surface area contributed by atoms with Crippen LogP contribution in [-0.4, -0.2) is 17.4 Å². The van der Waals surface area contributed by atoms with Crippen molar-refractivity contribution in [1.82, 2.24) is 4.98 Å². The number of aryl methyl sites for hydroxylation is 1. The van der Waals surface area contributed by atoms with Gasteiger partial charge in [0, 0.05) is 17.9 Å². The van der Waals surface area contributed by atoms with E-state index in [9.17, 15) is 22.8 Å². The minimum absolute atomic E-state index is 0.0799. The number of alkyl halides is 3. The van der Waals surface area contributed by atoms with Gasteiger partial charge in [0.25, 0.3) is 11.5 Å². The standard InChI is InChI=1S/C18H17F3N2O2/c1-11-5-8-15(16(24)22-11)17(25)23(10-12-6-7-12)14-4-2-3-13(9-14)18(19,20)21/h2-5,8-9,12H,6-7,10H2,1H3,(H,22,24). The molecule has 1 heterocycles. The number of carbonyl (C=O) groups is 1. The molecular formula is C18H17F3N2O2. The zero-order valence-electron chi connectivity index (χ0n) is 13.6. The smallest absolute Gasteiger partial charge is 0.326 e. The quantitative estimate of drug-likeness (QED) is 0.913. The number of anilines is 1. The Balaban J connectivity index is 2.00. The van der Waals surface area contributed by atoms with Gasteiger partial charge in [0.15, 0.2) is 0 Å². The Hall–Kier alpha value is -2.57. The van der Waals surface area contributed by atoms with Crippen LogP contribution in [0.4, 0.5) is 18.9 Å². The molecule has 1 aliphatic rings. The maximum atomic E-state index is 13.0. The largest absolute Gasteiger partial charge is 0.416 e. The zero-order valence-corrected chi connectivity index (χ0v) is 13.6. The Morgan fingerprint density at radius 2 is 1.96 bits per heavy atom. The average molecular weight is 350 g/mol. The first-order valence-corrected chi connectivity index (χ1v) is 7.95. The van der Waals surface area contributed by atoms with Gasteiger partial charge in [-0.25, -0.2) is 0 Å². The van der Waals surface area contributed by atoms with E-state index in [2.05, 4.69) is 4.98 Å². The predicted octanol–water partition coefficient (Wildman–Crippen LogP) is 3.76. The van der Waals surface area contributed by atoms with Crippen LogP contribution in [0.25, 0.3) is 0 Å². The molecule has 1 aliphatic carbocycles. The molecule has 1 fully saturated rings. The van der Waals surface area contributed by atoms with Crippen LogP contribution < -0.4 is 10.5 Å². The monoisotopic (exact) mass is 350 g/mol. The van der Waals surface area contributed by atoms with Gasteiger partial charge >= 0.3 is 6.18 Å². The number of rotatable bonds is 4. The lowest BCUT2D eigenvalue weighted by molar-refractivity contribution is -0.137. The van der Waals surface area contributed by atoms with Crippen molar-refractivity contribution in [3.05, 3.63) is 63.6 Å². The molecule has 7 heteroatoms. The van der Waals surface area contributed by atoms with Gasteiger partial charge in [-0.3, -0.25) is 9.59 Å². The maximum Gasteiger partial charge on any atom is 0.416 e. The second kappa shape index (κ2) is 6.38. The highest BCUT2D eigenvalue weighted by Gasteiger charge is 2.33. The Morgan fingerprint density at radius 1 is 1.24 bits per heavy atom. The molecule has 2 aromatic rings. The van der Waals surface area contributed by atoms with E-state index in [0.29, 0.717) is 12.2 Å². The van der Waals surface area contributed by atoms with Crippen LogP contribution in [0.3, 0.4) is 0 Å². The number of pyridine rings is 1. The fourth-order valence-electron chi connectivity index (χ4n) is 2.60. The molecule has 132 valence electrons. The van der Waals surface area contributed by atoms with E-state index >= 15 is 0 Å². The summed E-state index contributed by atoms with van der Waals surface area (Å²) < 4.78 is 38.9. The Bertz CT molecular complexity index is 854. The van der Waals surface area contributed by atoms with Gasteiger partial charge in [-0.15, -0.1) is 0 Å². The fourth-order valence-corrected chi connectivity index (χ4v) is 2.60. The molecule has 0 spiro atoms. The summed E-state index contributed by atoms with van der Waals surface area (Å²) in [6.45, 7) is 1.98. The summed E-state index contributed by atoms with van der Waals surface area (Å²) in [6, 6.07) is 7.63. The van der Waals surface area contributed by atoms with Crippen LogP contribution in [0.2, 0.25) is 0 Å². The maximum absolute atomic E-state index is 13.0. The molecule has 25 heavy (non-hydrogen) atoms. The summed E-state index contributed by atoms with van der Waals surface area (Å²) in [5.74, 6) is -0.338. The van der Waals surface area contributed by atoms with Crippen molar-refractivity contribution in [3.63, 3.8) is 0 Å². The van der Waals surface area contributed by atoms with Crippen molar-refractivity contribution < 1.29 is 18.0 Å². The van der Waals surface area contributed by atoms with Gasteiger partial charge in [0.1, 0.15) is 5.56 Å². The number of nitrogens with one attached hydrogen (secondary N) is 1. The number of amides is 1. The molecule has 4 nitrogen and oxygen atoms in total. The lowest BCUT2D eigenvalue weighted by Crippen LogP contribution is -2.36. The third kappa shape index (κ3) is 3.92. The number of benzene rings is 1. The van der Waals surface area contributed by atoms with Gasteiger partial charge in [0.05, 0.1) is 5.56 Å². The minimum atomic E-state index is -4.49. The summed E-state index contributed by atoms with van der Waals surface area (Å²) in [6.07, 6.45) is -2.65. The number of aromatic nitrogens is 1. The van der Waals surface area contributed by atoms with E-state index in [1.807, 2.05) is 0 Å². The molecule has 1 saturated carbocycles. The summed E-state index contributed by atoms with van der Waals surface area (Å²) in [5.41, 5.74) is -0.695. The van der Waals surface area contributed by atoms with E-state index < -0.39 is 23.2 Å². The van der Waals surface area contributed by atoms with Crippen LogP contribution in [0.1, 0.15) is 34.5 Å². The van der Waals surface area contributed by atoms with Crippen molar-refractivity contribution in [2.75, 3.05) is 11.4 Å². The van der Waals surface area contributed by atoms with Crippen molar-refractivity contribution in [2.24, 2.45) is 5.92 Å². The van der Waals surface area contributed by atoms with Crippen LogP contribution in [0.15, 0.2) is 41.2 Å². The zero-order chi connectivity index (χ0) is 18.2. The topological polar surface area (TPSA) is 53.2 Å². The van der Waals surface area contributed by atoms with E-state index in [1.54, 1.807) is 13.0 Å². The van der Waals surface area contributed by atoms with Gasteiger partial charge in [0.2, 0.25) is 0 Å². The van der Waals surface area contributed by atoms with Crippen molar-refractivity contribution in [3.8, 4) is 0 Å². The third-order valence-electron chi connectivity index (χ3n) is 4.15. The molecule has 0 saturated heterocycles. The van der Waals surface area contributed by atoms with E-state index in [0.717, 1.165) is 25.0 Å². The molecule has 0 atom stereocenters. The molecule has 3 rings (SSSR count). The molecule has 1 aromatic heterocycles. The number of carbonyl (C=O) groups excluding carboxylic acids is 1. The summed E-state index contributed by atoms with van der Waals surface area (Å²) in [4.78, 5) is 28.7. The summed E-state index contributed by atoms with van der Waals surface area (Å²) in [7, 11) is 0. The number of hydrogen-bond acceptors (Lipinski definition) is 2. The van der Waals surface area contributed by atoms with Crippen LogP contribution >= 0.6 is 0 Å². The number of hydrogen-bond donors (Lipinski definition) is 1. The first-order chi connectivity index (χ1) is 11.8. The normalized spacial score (nSPS) is 14.4. The van der Waals surface area contributed by atoms with Crippen molar-refractivity contribution >= 4 is 11.6 Å². The van der Waals surface area contributed by atoms with Crippen molar-refractivity contribution in [1.29, 1.82) is 0 Å². The Morgan fingerprint density at radius 3 is 2.56 bits per heavy atom. The van der Waals surface area contributed by atoms with Crippen LogP contribution in [-0.2, 0) is 6.18 Å². The molecule has 0 radical (unpaired) electrons. The lowest BCUT2D eigenvalue weighted by atomic mass is 10.1. The highest BCUT2D eigenvalue weighted by molar-refractivity contribution is 6.05. The Labute approximate surface area is 142 Å². The number of nitrogens with zero attached hydrogens (tertiary/aromatic N) is 1.